The summed E-state index contributed by atoms with van der Waals surface area (Å²) >= 11 is 0. The minimum Gasteiger partial charge on any atom is -0.328 e. The van der Waals surface area contributed by atoms with Gasteiger partial charge in [-0.1, -0.05) is 12.2 Å². The summed E-state index contributed by atoms with van der Waals surface area (Å²) in [7, 11) is 0. The lowest BCUT2D eigenvalue weighted by molar-refractivity contribution is 0.756. The Morgan fingerprint density at radius 1 is 1.71 bits per heavy atom. The van der Waals surface area contributed by atoms with Crippen LogP contribution in [0.3, 0.4) is 0 Å². The van der Waals surface area contributed by atoms with E-state index in [9.17, 15) is 0 Å². The van der Waals surface area contributed by atoms with Crippen LogP contribution in [-0.4, -0.2) is 6.04 Å². The maximum absolute atomic E-state index is 5.43. The Morgan fingerprint density at radius 2 is 2.29 bits per heavy atom. The summed E-state index contributed by atoms with van der Waals surface area (Å²) in [5.74, 6) is 0. The maximum Gasteiger partial charge on any atom is 0.00449 e. The molecule has 0 amide bonds. The Morgan fingerprint density at radius 3 is 2.43 bits per heavy atom. The van der Waals surface area contributed by atoms with E-state index in [1.165, 1.54) is 0 Å². The molecule has 0 rings (SSSR count). The molecule has 0 saturated carbocycles. The van der Waals surface area contributed by atoms with Gasteiger partial charge in [0.2, 0.25) is 0 Å². The Balaban J connectivity index is 2.97. The molecule has 0 aliphatic rings. The van der Waals surface area contributed by atoms with Crippen LogP contribution in [-0.2, 0) is 0 Å². The highest BCUT2D eigenvalue weighted by atomic mass is 14.6. The number of nitrogens with two attached hydrogens (primary N) is 1. The fourth-order valence-corrected chi connectivity index (χ4v) is 0.351. The maximum atomic E-state index is 5.43. The van der Waals surface area contributed by atoms with Crippen LogP contribution in [0.4, 0.5) is 0 Å². The van der Waals surface area contributed by atoms with E-state index < -0.39 is 0 Å². The summed E-state index contributed by atoms with van der Waals surface area (Å²) in [4.78, 5) is 0. The van der Waals surface area contributed by atoms with E-state index in [4.69, 9.17) is 5.73 Å². The molecular weight excluding hydrogens is 86.1 g/mol. The molecule has 0 aliphatic carbocycles. The lowest BCUT2D eigenvalue weighted by Crippen LogP contribution is -2.12. The zero-order chi connectivity index (χ0) is 5.70. The molecule has 0 aromatic rings. The third-order valence-electron chi connectivity index (χ3n) is 0.744. The van der Waals surface area contributed by atoms with Crippen LogP contribution in [0.2, 0.25) is 0 Å². The van der Waals surface area contributed by atoms with Gasteiger partial charge < -0.3 is 5.73 Å². The van der Waals surface area contributed by atoms with Crippen molar-refractivity contribution < 1.29 is 0 Å². The van der Waals surface area contributed by atoms with Gasteiger partial charge in [0.05, 0.1) is 0 Å². The highest BCUT2D eigenvalue weighted by Crippen LogP contribution is 1.85. The molecular formula is C6H13N. The zero-order valence-electron chi connectivity index (χ0n) is 5.02. The van der Waals surface area contributed by atoms with Crippen LogP contribution >= 0.6 is 0 Å². The minimum absolute atomic E-state index is 0.316. The molecule has 42 valence electrons. The number of rotatable bonds is 2. The number of hydrogen-bond donors (Lipinski definition) is 1. The van der Waals surface area contributed by atoms with Crippen molar-refractivity contribution in [1.82, 2.24) is 0 Å². The largest absolute Gasteiger partial charge is 0.328 e. The zero-order valence-corrected chi connectivity index (χ0v) is 5.02. The van der Waals surface area contributed by atoms with Gasteiger partial charge in [-0.25, -0.2) is 0 Å². The fourth-order valence-electron chi connectivity index (χ4n) is 0.351. The van der Waals surface area contributed by atoms with Gasteiger partial charge in [0.15, 0.2) is 0 Å². The van der Waals surface area contributed by atoms with Gasteiger partial charge in [0, 0.05) is 6.04 Å². The monoisotopic (exact) mass is 99.1 g/mol. The lowest BCUT2D eigenvalue weighted by Gasteiger charge is -1.94. The SMILES string of the molecule is C/C=C\CC(C)N. The average molecular weight is 99.2 g/mol. The van der Waals surface area contributed by atoms with Crippen LogP contribution < -0.4 is 5.73 Å². The van der Waals surface area contributed by atoms with Crippen molar-refractivity contribution in [3.05, 3.63) is 12.2 Å². The Kier molecular flexibility index (Phi) is 3.71. The van der Waals surface area contributed by atoms with Crippen LogP contribution in [0.25, 0.3) is 0 Å². The standard InChI is InChI=1S/C6H13N/c1-3-4-5-6(2)7/h3-4,6H,5,7H2,1-2H3/b4-3-. The topological polar surface area (TPSA) is 26.0 Å². The Labute approximate surface area is 45.2 Å². The van der Waals surface area contributed by atoms with Gasteiger partial charge in [-0.3, -0.25) is 0 Å². The lowest BCUT2D eigenvalue weighted by atomic mass is 10.2. The highest BCUT2D eigenvalue weighted by Gasteiger charge is 1.83. The fraction of sp³-hybridized carbons (Fsp3) is 0.667. The predicted octanol–water partition coefficient (Wildman–Crippen LogP) is 1.30. The third kappa shape index (κ3) is 5.70. The van der Waals surface area contributed by atoms with E-state index in [0.29, 0.717) is 6.04 Å². The molecule has 0 aliphatic heterocycles. The second-order valence-corrected chi connectivity index (χ2v) is 1.78. The third-order valence-corrected chi connectivity index (χ3v) is 0.744. The van der Waals surface area contributed by atoms with Crippen molar-refractivity contribution in [2.24, 2.45) is 5.73 Å². The molecule has 0 heterocycles. The van der Waals surface area contributed by atoms with Crippen LogP contribution in [0.1, 0.15) is 20.3 Å². The summed E-state index contributed by atoms with van der Waals surface area (Å²) < 4.78 is 0. The summed E-state index contributed by atoms with van der Waals surface area (Å²) in [6.07, 6.45) is 5.09. The number of allylic oxidation sites excluding steroid dienone is 1. The van der Waals surface area contributed by atoms with E-state index in [1.54, 1.807) is 0 Å². The minimum atomic E-state index is 0.316. The van der Waals surface area contributed by atoms with Crippen molar-refractivity contribution in [3.63, 3.8) is 0 Å². The first-order valence-corrected chi connectivity index (χ1v) is 2.64. The van der Waals surface area contributed by atoms with Gasteiger partial charge in [-0.15, -0.1) is 0 Å². The Bertz CT molecular complexity index is 55.2. The molecule has 0 saturated heterocycles. The van der Waals surface area contributed by atoms with Gasteiger partial charge in [-0.2, -0.15) is 0 Å². The van der Waals surface area contributed by atoms with Gasteiger partial charge in [0.1, 0.15) is 0 Å². The predicted molar refractivity (Wildman–Crippen MR) is 33.1 cm³/mol. The molecule has 0 aromatic heterocycles. The Hall–Kier alpha value is -0.300. The smallest absolute Gasteiger partial charge is 0.00449 e. The van der Waals surface area contributed by atoms with E-state index in [2.05, 4.69) is 6.08 Å². The molecule has 0 spiro atoms. The van der Waals surface area contributed by atoms with Crippen LogP contribution in [0, 0.1) is 0 Å². The van der Waals surface area contributed by atoms with Crippen molar-refractivity contribution in [2.75, 3.05) is 0 Å². The summed E-state index contributed by atoms with van der Waals surface area (Å²) in [6.45, 7) is 4.00. The van der Waals surface area contributed by atoms with Crippen LogP contribution in [0.15, 0.2) is 12.2 Å². The highest BCUT2D eigenvalue weighted by molar-refractivity contribution is 4.79. The molecule has 1 atom stereocenters. The van der Waals surface area contributed by atoms with E-state index in [-0.39, 0.29) is 0 Å². The molecule has 2 N–H and O–H groups in total. The van der Waals surface area contributed by atoms with E-state index in [0.717, 1.165) is 6.42 Å². The summed E-state index contributed by atoms with van der Waals surface area (Å²) in [5, 5.41) is 0. The van der Waals surface area contributed by atoms with Crippen molar-refractivity contribution in [3.8, 4) is 0 Å². The molecule has 0 bridgehead atoms. The first-order chi connectivity index (χ1) is 3.27. The van der Waals surface area contributed by atoms with Crippen molar-refractivity contribution in [2.45, 2.75) is 26.3 Å². The van der Waals surface area contributed by atoms with Gasteiger partial charge >= 0.3 is 0 Å². The average Bonchev–Trinajstić information content (AvgIpc) is 1.61. The molecule has 1 unspecified atom stereocenters. The summed E-state index contributed by atoms with van der Waals surface area (Å²) in [6, 6.07) is 0.316. The molecule has 7 heavy (non-hydrogen) atoms. The van der Waals surface area contributed by atoms with Crippen LogP contribution in [0.5, 0.6) is 0 Å². The second-order valence-electron chi connectivity index (χ2n) is 1.78. The molecule has 0 aromatic carbocycles. The van der Waals surface area contributed by atoms with Gasteiger partial charge in [0.25, 0.3) is 0 Å². The second kappa shape index (κ2) is 3.88. The van der Waals surface area contributed by atoms with Crippen molar-refractivity contribution in [1.29, 1.82) is 0 Å². The van der Waals surface area contributed by atoms with E-state index in [1.807, 2.05) is 19.9 Å². The first kappa shape index (κ1) is 6.70. The first-order valence-electron chi connectivity index (χ1n) is 2.64. The van der Waals surface area contributed by atoms with E-state index >= 15 is 0 Å². The van der Waals surface area contributed by atoms with Crippen molar-refractivity contribution >= 4 is 0 Å². The summed E-state index contributed by atoms with van der Waals surface area (Å²) in [5.41, 5.74) is 5.43. The number of hydrogen-bond acceptors (Lipinski definition) is 1. The normalized spacial score (nSPS) is 15.3. The molecule has 0 radical (unpaired) electrons. The molecule has 0 fully saturated rings. The van der Waals surface area contributed by atoms with Gasteiger partial charge in [-0.05, 0) is 20.3 Å². The molecule has 1 heteroatoms. The molecule has 1 nitrogen and oxygen atoms in total. The quantitative estimate of drug-likeness (QED) is 0.519.